The van der Waals surface area contributed by atoms with Crippen molar-refractivity contribution in [3.05, 3.63) is 53.5 Å². The lowest BCUT2D eigenvalue weighted by atomic mass is 10.1. The van der Waals surface area contributed by atoms with Crippen molar-refractivity contribution < 1.29 is 9.59 Å². The molecule has 1 fully saturated rings. The minimum atomic E-state index is -0.357. The van der Waals surface area contributed by atoms with E-state index in [1.165, 1.54) is 0 Å². The summed E-state index contributed by atoms with van der Waals surface area (Å²) in [6.07, 6.45) is 1.81. The molecular weight excluding hydrogens is 340 g/mol. The standard InChI is InChI=1S/C21H24N4O2/c1-13-9-14(2)25(22-13)17-10-23(11-17)21(27)15(3)24-12-19(16(4)26)18-7-5-6-8-20(18)24/h5-9,12,15,17H,10-11H2,1-4H3. The SMILES string of the molecule is CC(=O)c1cn(C(C)C(=O)N2CC(n3nc(C)cc3C)C2)c2ccccc12. The number of para-hydroxylation sites is 1. The Kier molecular flexibility index (Phi) is 4.13. The third kappa shape index (κ3) is 2.85. The highest BCUT2D eigenvalue weighted by atomic mass is 16.2. The van der Waals surface area contributed by atoms with Gasteiger partial charge in [-0.15, -0.1) is 0 Å². The number of amides is 1. The number of carbonyl (C=O) groups is 2. The van der Waals surface area contributed by atoms with Crippen LogP contribution in [-0.4, -0.2) is 44.0 Å². The first kappa shape index (κ1) is 17.5. The Labute approximate surface area is 158 Å². The van der Waals surface area contributed by atoms with Gasteiger partial charge in [-0.1, -0.05) is 18.2 Å². The Hall–Kier alpha value is -2.89. The number of fused-ring (bicyclic) bond motifs is 1. The summed E-state index contributed by atoms with van der Waals surface area (Å²) in [5, 5.41) is 5.43. The minimum Gasteiger partial charge on any atom is -0.336 e. The van der Waals surface area contributed by atoms with E-state index in [0.717, 1.165) is 22.3 Å². The van der Waals surface area contributed by atoms with Gasteiger partial charge in [0.15, 0.2) is 5.78 Å². The van der Waals surface area contributed by atoms with Crippen LogP contribution in [0.3, 0.4) is 0 Å². The maximum atomic E-state index is 13.0. The third-order valence-corrected chi connectivity index (χ3v) is 5.46. The van der Waals surface area contributed by atoms with Gasteiger partial charge >= 0.3 is 0 Å². The van der Waals surface area contributed by atoms with Crippen LogP contribution in [0.2, 0.25) is 0 Å². The Bertz CT molecular complexity index is 1040. The minimum absolute atomic E-state index is 0.0122. The first-order valence-corrected chi connectivity index (χ1v) is 9.29. The fourth-order valence-electron chi connectivity index (χ4n) is 3.99. The molecule has 6 heteroatoms. The first-order valence-electron chi connectivity index (χ1n) is 9.29. The molecule has 140 valence electrons. The van der Waals surface area contributed by atoms with Gasteiger partial charge in [0.2, 0.25) is 5.91 Å². The zero-order valence-corrected chi connectivity index (χ0v) is 16.1. The average Bonchev–Trinajstić information content (AvgIpc) is 3.13. The van der Waals surface area contributed by atoms with E-state index in [1.807, 2.05) is 65.4 Å². The topological polar surface area (TPSA) is 60.1 Å². The molecule has 4 rings (SSSR count). The van der Waals surface area contributed by atoms with Crippen molar-refractivity contribution in [2.75, 3.05) is 13.1 Å². The molecule has 1 aliphatic rings. The molecule has 3 aromatic rings. The smallest absolute Gasteiger partial charge is 0.245 e. The van der Waals surface area contributed by atoms with E-state index < -0.39 is 0 Å². The van der Waals surface area contributed by atoms with Gasteiger partial charge in [-0.3, -0.25) is 14.3 Å². The molecule has 0 aliphatic carbocycles. The molecule has 1 amide bonds. The van der Waals surface area contributed by atoms with Gasteiger partial charge in [0, 0.05) is 41.4 Å². The molecule has 1 aromatic carbocycles. The predicted molar refractivity (Wildman–Crippen MR) is 104 cm³/mol. The largest absolute Gasteiger partial charge is 0.336 e. The fourth-order valence-corrected chi connectivity index (χ4v) is 3.99. The van der Waals surface area contributed by atoms with Crippen molar-refractivity contribution in [1.82, 2.24) is 19.2 Å². The van der Waals surface area contributed by atoms with Gasteiger partial charge in [-0.2, -0.15) is 5.10 Å². The molecule has 1 atom stereocenters. The van der Waals surface area contributed by atoms with E-state index in [2.05, 4.69) is 11.2 Å². The van der Waals surface area contributed by atoms with Gasteiger partial charge in [-0.05, 0) is 39.8 Å². The zero-order chi connectivity index (χ0) is 19.3. The Balaban J connectivity index is 1.55. The quantitative estimate of drug-likeness (QED) is 0.668. The first-order chi connectivity index (χ1) is 12.9. The maximum absolute atomic E-state index is 13.0. The van der Waals surface area contributed by atoms with E-state index in [4.69, 9.17) is 0 Å². The molecule has 1 saturated heterocycles. The summed E-state index contributed by atoms with van der Waals surface area (Å²) in [5.41, 5.74) is 3.70. The van der Waals surface area contributed by atoms with Crippen molar-refractivity contribution >= 4 is 22.6 Å². The Morgan fingerprint density at radius 2 is 1.89 bits per heavy atom. The van der Waals surface area contributed by atoms with Crippen LogP contribution in [0.4, 0.5) is 0 Å². The second kappa shape index (κ2) is 6.37. The number of Topliss-reactive ketones (excluding diaryl/α,β-unsaturated/α-hetero) is 1. The van der Waals surface area contributed by atoms with Crippen molar-refractivity contribution in [2.45, 2.75) is 39.8 Å². The van der Waals surface area contributed by atoms with Crippen LogP contribution in [-0.2, 0) is 4.79 Å². The molecule has 27 heavy (non-hydrogen) atoms. The van der Waals surface area contributed by atoms with Crippen LogP contribution < -0.4 is 0 Å². The van der Waals surface area contributed by atoms with Gasteiger partial charge in [-0.25, -0.2) is 0 Å². The highest BCUT2D eigenvalue weighted by Gasteiger charge is 2.36. The average molecular weight is 364 g/mol. The van der Waals surface area contributed by atoms with E-state index in [0.29, 0.717) is 18.7 Å². The Morgan fingerprint density at radius 1 is 1.19 bits per heavy atom. The number of ketones is 1. The second-order valence-electron chi connectivity index (χ2n) is 7.47. The lowest BCUT2D eigenvalue weighted by Crippen LogP contribution is -2.53. The molecule has 6 nitrogen and oxygen atoms in total. The molecule has 0 spiro atoms. The van der Waals surface area contributed by atoms with Crippen LogP contribution in [0, 0.1) is 13.8 Å². The summed E-state index contributed by atoms with van der Waals surface area (Å²) in [5.74, 6) is 0.0850. The fraction of sp³-hybridized carbons (Fsp3) is 0.381. The molecule has 1 aliphatic heterocycles. The van der Waals surface area contributed by atoms with Crippen LogP contribution in [0.25, 0.3) is 10.9 Å². The summed E-state index contributed by atoms with van der Waals surface area (Å²) < 4.78 is 3.94. The van der Waals surface area contributed by atoms with Gasteiger partial charge in [0.05, 0.1) is 11.7 Å². The summed E-state index contributed by atoms with van der Waals surface area (Å²) in [6.45, 7) is 8.83. The highest BCUT2D eigenvalue weighted by molar-refractivity contribution is 6.07. The molecular formula is C21H24N4O2. The number of nitrogens with zero attached hydrogens (tertiary/aromatic N) is 4. The summed E-state index contributed by atoms with van der Waals surface area (Å²) in [7, 11) is 0. The summed E-state index contributed by atoms with van der Waals surface area (Å²) >= 11 is 0. The van der Waals surface area contributed by atoms with Crippen molar-refractivity contribution in [3.63, 3.8) is 0 Å². The van der Waals surface area contributed by atoms with E-state index in [-0.39, 0.29) is 23.8 Å². The van der Waals surface area contributed by atoms with Crippen LogP contribution in [0.15, 0.2) is 36.5 Å². The number of benzene rings is 1. The molecule has 0 radical (unpaired) electrons. The lowest BCUT2D eigenvalue weighted by molar-refractivity contribution is -0.140. The molecule has 0 saturated carbocycles. The molecule has 0 N–H and O–H groups in total. The van der Waals surface area contributed by atoms with Crippen LogP contribution in [0.5, 0.6) is 0 Å². The molecule has 0 bridgehead atoms. The molecule has 2 aromatic heterocycles. The van der Waals surface area contributed by atoms with Crippen molar-refractivity contribution in [3.8, 4) is 0 Å². The van der Waals surface area contributed by atoms with Gasteiger partial charge < -0.3 is 9.47 Å². The number of carbonyl (C=O) groups excluding carboxylic acids is 2. The lowest BCUT2D eigenvalue weighted by Gasteiger charge is -2.41. The normalized spacial score (nSPS) is 15.8. The van der Waals surface area contributed by atoms with Gasteiger partial charge in [0.1, 0.15) is 6.04 Å². The summed E-state index contributed by atoms with van der Waals surface area (Å²) in [6, 6.07) is 9.68. The third-order valence-electron chi connectivity index (χ3n) is 5.46. The monoisotopic (exact) mass is 364 g/mol. The number of rotatable bonds is 4. The van der Waals surface area contributed by atoms with Crippen molar-refractivity contribution in [1.29, 1.82) is 0 Å². The number of likely N-dealkylation sites (tertiary alicyclic amines) is 1. The summed E-state index contributed by atoms with van der Waals surface area (Å²) in [4.78, 5) is 26.9. The second-order valence-corrected chi connectivity index (χ2v) is 7.47. The highest BCUT2D eigenvalue weighted by Crippen LogP contribution is 2.29. The number of aromatic nitrogens is 3. The van der Waals surface area contributed by atoms with E-state index in [1.54, 1.807) is 6.92 Å². The zero-order valence-electron chi connectivity index (χ0n) is 16.1. The van der Waals surface area contributed by atoms with E-state index in [9.17, 15) is 9.59 Å². The number of aryl methyl sites for hydroxylation is 2. The molecule has 1 unspecified atom stereocenters. The number of hydrogen-bond acceptors (Lipinski definition) is 3. The van der Waals surface area contributed by atoms with Crippen molar-refractivity contribution in [2.24, 2.45) is 0 Å². The number of hydrogen-bond donors (Lipinski definition) is 0. The predicted octanol–water partition coefficient (Wildman–Crippen LogP) is 3.30. The van der Waals surface area contributed by atoms with E-state index >= 15 is 0 Å². The molecule has 3 heterocycles. The Morgan fingerprint density at radius 3 is 2.52 bits per heavy atom. The van der Waals surface area contributed by atoms with Crippen LogP contribution in [0.1, 0.15) is 47.7 Å². The van der Waals surface area contributed by atoms with Gasteiger partial charge in [0.25, 0.3) is 0 Å². The van der Waals surface area contributed by atoms with Crippen LogP contribution >= 0.6 is 0 Å². The maximum Gasteiger partial charge on any atom is 0.245 e.